The third-order valence-electron chi connectivity index (χ3n) is 4.37. The van der Waals surface area contributed by atoms with Crippen LogP contribution in [0.25, 0.3) is 0 Å². The van der Waals surface area contributed by atoms with Crippen LogP contribution in [0, 0.1) is 17.6 Å². The number of rotatable bonds is 5. The van der Waals surface area contributed by atoms with E-state index in [-0.39, 0.29) is 17.2 Å². The van der Waals surface area contributed by atoms with Crippen LogP contribution < -0.4 is 10.5 Å². The number of nitrogens with two attached hydrogens (primary N) is 1. The van der Waals surface area contributed by atoms with Gasteiger partial charge in [-0.15, -0.1) is 0 Å². The second-order valence-electron chi connectivity index (χ2n) is 5.96. The highest BCUT2D eigenvalue weighted by Crippen LogP contribution is 2.54. The standard InChI is InChI=1S/C15H19F2NO/c1-9(18)15(4-5-15)12-6-11(16)7-13(17)14(12)19-8-10-2-3-10/h6-7,9-10H,2-5,8,18H2,1H3. The van der Waals surface area contributed by atoms with E-state index < -0.39 is 11.6 Å². The number of benzene rings is 1. The Labute approximate surface area is 111 Å². The first kappa shape index (κ1) is 12.9. The van der Waals surface area contributed by atoms with Crippen LogP contribution in [-0.4, -0.2) is 12.6 Å². The van der Waals surface area contributed by atoms with Crippen LogP contribution in [0.15, 0.2) is 12.1 Å². The monoisotopic (exact) mass is 267 g/mol. The lowest BCUT2D eigenvalue weighted by atomic mass is 9.88. The zero-order valence-electron chi connectivity index (χ0n) is 11.1. The van der Waals surface area contributed by atoms with E-state index in [1.165, 1.54) is 6.07 Å². The van der Waals surface area contributed by atoms with Crippen molar-refractivity contribution in [2.24, 2.45) is 11.7 Å². The van der Waals surface area contributed by atoms with Crippen molar-refractivity contribution in [2.45, 2.75) is 44.1 Å². The van der Waals surface area contributed by atoms with Gasteiger partial charge in [0.1, 0.15) is 5.82 Å². The van der Waals surface area contributed by atoms with E-state index in [1.54, 1.807) is 0 Å². The van der Waals surface area contributed by atoms with Crippen molar-refractivity contribution >= 4 is 0 Å². The maximum Gasteiger partial charge on any atom is 0.168 e. The normalized spacial score (nSPS) is 22.1. The van der Waals surface area contributed by atoms with Gasteiger partial charge in [-0.2, -0.15) is 0 Å². The molecule has 2 saturated carbocycles. The lowest BCUT2D eigenvalue weighted by molar-refractivity contribution is 0.277. The van der Waals surface area contributed by atoms with Crippen LogP contribution >= 0.6 is 0 Å². The van der Waals surface area contributed by atoms with Gasteiger partial charge in [0.15, 0.2) is 11.6 Å². The summed E-state index contributed by atoms with van der Waals surface area (Å²) < 4.78 is 33.1. The van der Waals surface area contributed by atoms with E-state index in [0.29, 0.717) is 18.1 Å². The van der Waals surface area contributed by atoms with Gasteiger partial charge in [0.25, 0.3) is 0 Å². The average molecular weight is 267 g/mol. The van der Waals surface area contributed by atoms with Crippen LogP contribution in [0.5, 0.6) is 5.75 Å². The topological polar surface area (TPSA) is 35.2 Å². The van der Waals surface area contributed by atoms with Gasteiger partial charge in [-0.3, -0.25) is 0 Å². The zero-order chi connectivity index (χ0) is 13.6. The third kappa shape index (κ3) is 2.34. The van der Waals surface area contributed by atoms with E-state index in [4.69, 9.17) is 10.5 Å². The molecule has 0 radical (unpaired) electrons. The molecule has 0 aliphatic heterocycles. The molecule has 0 amide bonds. The van der Waals surface area contributed by atoms with Crippen LogP contribution in [0.4, 0.5) is 8.78 Å². The predicted octanol–water partition coefficient (Wildman–Crippen LogP) is 3.13. The predicted molar refractivity (Wildman–Crippen MR) is 69.1 cm³/mol. The Morgan fingerprint density at radius 3 is 2.58 bits per heavy atom. The number of hydrogen-bond donors (Lipinski definition) is 1. The molecule has 2 fully saturated rings. The molecule has 2 aliphatic rings. The lowest BCUT2D eigenvalue weighted by Gasteiger charge is -2.23. The second kappa shape index (κ2) is 4.44. The van der Waals surface area contributed by atoms with Crippen molar-refractivity contribution in [3.05, 3.63) is 29.3 Å². The van der Waals surface area contributed by atoms with E-state index >= 15 is 0 Å². The summed E-state index contributed by atoms with van der Waals surface area (Å²) in [7, 11) is 0. The summed E-state index contributed by atoms with van der Waals surface area (Å²) in [6, 6.07) is 2.15. The van der Waals surface area contributed by atoms with Crippen molar-refractivity contribution in [1.82, 2.24) is 0 Å². The quantitative estimate of drug-likeness (QED) is 0.889. The highest BCUT2D eigenvalue weighted by atomic mass is 19.1. The maximum absolute atomic E-state index is 14.0. The molecular formula is C15H19F2NO. The fourth-order valence-electron chi connectivity index (χ4n) is 2.67. The molecule has 4 heteroatoms. The molecular weight excluding hydrogens is 248 g/mol. The average Bonchev–Trinajstić information content (AvgIpc) is 3.22. The molecule has 2 nitrogen and oxygen atoms in total. The van der Waals surface area contributed by atoms with Crippen molar-refractivity contribution in [3.8, 4) is 5.75 Å². The fourth-order valence-corrected chi connectivity index (χ4v) is 2.67. The Balaban J connectivity index is 1.95. The Kier molecular flexibility index (Phi) is 3.01. The van der Waals surface area contributed by atoms with Crippen LogP contribution in [-0.2, 0) is 5.41 Å². The molecule has 1 atom stereocenters. The minimum Gasteiger partial charge on any atom is -0.490 e. The summed E-state index contributed by atoms with van der Waals surface area (Å²) >= 11 is 0. The largest absolute Gasteiger partial charge is 0.490 e. The molecule has 1 aromatic carbocycles. The highest BCUT2D eigenvalue weighted by Gasteiger charge is 2.50. The Morgan fingerprint density at radius 1 is 1.37 bits per heavy atom. The van der Waals surface area contributed by atoms with Gasteiger partial charge in [0, 0.05) is 23.1 Å². The van der Waals surface area contributed by atoms with Gasteiger partial charge in [-0.25, -0.2) is 8.78 Å². The minimum absolute atomic E-state index is 0.128. The van der Waals surface area contributed by atoms with Gasteiger partial charge >= 0.3 is 0 Å². The van der Waals surface area contributed by atoms with Gasteiger partial charge in [0.05, 0.1) is 6.61 Å². The van der Waals surface area contributed by atoms with Gasteiger partial charge < -0.3 is 10.5 Å². The summed E-state index contributed by atoms with van der Waals surface area (Å²) in [5, 5.41) is 0. The molecule has 19 heavy (non-hydrogen) atoms. The minimum atomic E-state index is -0.609. The smallest absolute Gasteiger partial charge is 0.168 e. The molecule has 0 spiro atoms. The van der Waals surface area contributed by atoms with Crippen molar-refractivity contribution in [3.63, 3.8) is 0 Å². The molecule has 0 saturated heterocycles. The second-order valence-corrected chi connectivity index (χ2v) is 5.96. The molecule has 1 aromatic rings. The van der Waals surface area contributed by atoms with E-state index in [0.717, 1.165) is 31.7 Å². The van der Waals surface area contributed by atoms with Crippen LogP contribution in [0.2, 0.25) is 0 Å². The van der Waals surface area contributed by atoms with E-state index in [2.05, 4.69) is 0 Å². The van der Waals surface area contributed by atoms with Gasteiger partial charge in [-0.1, -0.05) is 0 Å². The molecule has 3 rings (SSSR count). The highest BCUT2D eigenvalue weighted by molar-refractivity contribution is 5.46. The molecule has 2 aliphatic carbocycles. The number of ether oxygens (including phenoxy) is 1. The Hall–Kier alpha value is -1.16. The first-order valence-electron chi connectivity index (χ1n) is 6.91. The molecule has 0 aromatic heterocycles. The van der Waals surface area contributed by atoms with Gasteiger partial charge in [-0.05, 0) is 44.6 Å². The fraction of sp³-hybridized carbons (Fsp3) is 0.600. The first-order valence-corrected chi connectivity index (χ1v) is 6.91. The first-order chi connectivity index (χ1) is 9.03. The summed E-state index contributed by atoms with van der Waals surface area (Å²) in [6.07, 6.45) is 4.01. The van der Waals surface area contributed by atoms with E-state index in [1.807, 2.05) is 6.92 Å². The van der Waals surface area contributed by atoms with Gasteiger partial charge in [0.2, 0.25) is 0 Å². The lowest BCUT2D eigenvalue weighted by Crippen LogP contribution is -2.32. The Morgan fingerprint density at radius 2 is 2.05 bits per heavy atom. The molecule has 0 heterocycles. The summed E-state index contributed by atoms with van der Waals surface area (Å²) in [5.74, 6) is -0.424. The third-order valence-corrected chi connectivity index (χ3v) is 4.37. The molecule has 1 unspecified atom stereocenters. The molecule has 2 N–H and O–H groups in total. The van der Waals surface area contributed by atoms with E-state index in [9.17, 15) is 8.78 Å². The number of halogens is 2. The van der Waals surface area contributed by atoms with Crippen LogP contribution in [0.3, 0.4) is 0 Å². The van der Waals surface area contributed by atoms with Crippen LogP contribution in [0.1, 0.15) is 38.2 Å². The molecule has 104 valence electrons. The zero-order valence-corrected chi connectivity index (χ0v) is 11.1. The molecule has 0 bridgehead atoms. The Bertz CT molecular complexity index is 493. The maximum atomic E-state index is 14.0. The number of hydrogen-bond acceptors (Lipinski definition) is 2. The van der Waals surface area contributed by atoms with Crippen molar-refractivity contribution in [2.75, 3.05) is 6.61 Å². The summed E-state index contributed by atoms with van der Waals surface area (Å²) in [4.78, 5) is 0. The SMILES string of the molecule is CC(N)C1(c2cc(F)cc(F)c2OCC2CC2)CC1. The summed E-state index contributed by atoms with van der Waals surface area (Å²) in [5.41, 5.74) is 6.31. The summed E-state index contributed by atoms with van der Waals surface area (Å²) in [6.45, 7) is 2.41. The van der Waals surface area contributed by atoms with Crippen molar-refractivity contribution in [1.29, 1.82) is 0 Å². The van der Waals surface area contributed by atoms with Crippen molar-refractivity contribution < 1.29 is 13.5 Å².